The molecule has 0 spiro atoms. The van der Waals surface area contributed by atoms with Gasteiger partial charge in [0.15, 0.2) is 0 Å². The molecule has 1 aromatic rings. The molecule has 0 saturated carbocycles. The first-order chi connectivity index (χ1) is 11.5. The van der Waals surface area contributed by atoms with E-state index in [0.717, 1.165) is 44.2 Å². The summed E-state index contributed by atoms with van der Waals surface area (Å²) in [4.78, 5) is 30.4. The van der Waals surface area contributed by atoms with Crippen LogP contribution >= 0.6 is 11.6 Å². The van der Waals surface area contributed by atoms with Gasteiger partial charge in [-0.2, -0.15) is 0 Å². The highest BCUT2D eigenvalue weighted by Gasteiger charge is 2.32. The van der Waals surface area contributed by atoms with Crippen LogP contribution in [0.5, 0.6) is 0 Å². The molecule has 130 valence electrons. The van der Waals surface area contributed by atoms with Crippen molar-refractivity contribution in [1.82, 2.24) is 14.7 Å². The van der Waals surface area contributed by atoms with Crippen molar-refractivity contribution < 1.29 is 9.59 Å². The SMILES string of the molecule is CN1CC[C@@H](C(=O)N2CCN(Cc3ccc(Cl)cc3)CC2)CC1=O. The molecule has 24 heavy (non-hydrogen) atoms. The average Bonchev–Trinajstić information content (AvgIpc) is 2.59. The molecule has 1 atom stereocenters. The van der Waals surface area contributed by atoms with Crippen LogP contribution in [0, 0.1) is 5.92 Å². The Bertz CT molecular complexity index is 597. The van der Waals surface area contributed by atoms with E-state index in [0.29, 0.717) is 13.0 Å². The quantitative estimate of drug-likeness (QED) is 0.836. The summed E-state index contributed by atoms with van der Waals surface area (Å²) in [6.07, 6.45) is 1.15. The van der Waals surface area contributed by atoms with Crippen LogP contribution in [-0.2, 0) is 16.1 Å². The Hall–Kier alpha value is -1.59. The number of amides is 2. The Kier molecular flexibility index (Phi) is 5.41. The normalized spacial score (nSPS) is 22.8. The average molecular weight is 350 g/mol. The van der Waals surface area contributed by atoms with Gasteiger partial charge in [-0.15, -0.1) is 0 Å². The van der Waals surface area contributed by atoms with Gasteiger partial charge in [-0.1, -0.05) is 23.7 Å². The predicted octanol–water partition coefficient (Wildman–Crippen LogP) is 1.85. The lowest BCUT2D eigenvalue weighted by molar-refractivity contribution is -0.145. The van der Waals surface area contributed by atoms with Gasteiger partial charge in [0, 0.05) is 63.7 Å². The van der Waals surface area contributed by atoms with E-state index >= 15 is 0 Å². The zero-order chi connectivity index (χ0) is 17.1. The fourth-order valence-corrected chi connectivity index (χ4v) is 3.51. The topological polar surface area (TPSA) is 43.9 Å². The third kappa shape index (κ3) is 4.08. The van der Waals surface area contributed by atoms with Crippen molar-refractivity contribution in [3.05, 3.63) is 34.9 Å². The van der Waals surface area contributed by atoms with Crippen LogP contribution in [0.4, 0.5) is 0 Å². The molecule has 3 rings (SSSR count). The third-order valence-corrected chi connectivity index (χ3v) is 5.26. The molecule has 0 bridgehead atoms. The molecule has 0 aliphatic carbocycles. The van der Waals surface area contributed by atoms with Crippen LogP contribution in [0.15, 0.2) is 24.3 Å². The molecule has 0 aromatic heterocycles. The Morgan fingerprint density at radius 2 is 1.79 bits per heavy atom. The maximum atomic E-state index is 12.6. The number of carbonyl (C=O) groups is 2. The maximum absolute atomic E-state index is 12.6. The second kappa shape index (κ2) is 7.53. The maximum Gasteiger partial charge on any atom is 0.226 e. The van der Waals surface area contributed by atoms with Gasteiger partial charge < -0.3 is 9.80 Å². The highest BCUT2D eigenvalue weighted by Crippen LogP contribution is 2.21. The van der Waals surface area contributed by atoms with Crippen molar-refractivity contribution >= 4 is 23.4 Å². The summed E-state index contributed by atoms with van der Waals surface area (Å²) in [6, 6.07) is 7.91. The van der Waals surface area contributed by atoms with Crippen LogP contribution in [0.2, 0.25) is 5.02 Å². The van der Waals surface area contributed by atoms with Gasteiger partial charge in [0.25, 0.3) is 0 Å². The monoisotopic (exact) mass is 349 g/mol. The van der Waals surface area contributed by atoms with Gasteiger partial charge in [0.1, 0.15) is 0 Å². The second-order valence-electron chi connectivity index (χ2n) is 6.73. The van der Waals surface area contributed by atoms with Crippen LogP contribution in [0.25, 0.3) is 0 Å². The van der Waals surface area contributed by atoms with Gasteiger partial charge in [-0.25, -0.2) is 0 Å². The summed E-state index contributed by atoms with van der Waals surface area (Å²) >= 11 is 5.92. The lowest BCUT2D eigenvalue weighted by Crippen LogP contribution is -2.51. The van der Waals surface area contributed by atoms with Gasteiger partial charge >= 0.3 is 0 Å². The molecule has 2 amide bonds. The fourth-order valence-electron chi connectivity index (χ4n) is 3.39. The van der Waals surface area contributed by atoms with Crippen molar-refractivity contribution in [3.8, 4) is 0 Å². The number of rotatable bonds is 3. The van der Waals surface area contributed by atoms with Gasteiger partial charge in [0.05, 0.1) is 0 Å². The summed E-state index contributed by atoms with van der Waals surface area (Å²) in [5, 5.41) is 0.752. The van der Waals surface area contributed by atoms with Crippen molar-refractivity contribution in [1.29, 1.82) is 0 Å². The molecule has 0 N–H and O–H groups in total. The molecule has 0 unspecified atom stereocenters. The number of halogens is 1. The first kappa shape index (κ1) is 17.2. The third-order valence-electron chi connectivity index (χ3n) is 5.01. The number of likely N-dealkylation sites (tertiary alicyclic amines) is 1. The number of benzene rings is 1. The number of hydrogen-bond donors (Lipinski definition) is 0. The van der Waals surface area contributed by atoms with E-state index in [9.17, 15) is 9.59 Å². The van der Waals surface area contributed by atoms with Crippen molar-refractivity contribution in [3.63, 3.8) is 0 Å². The molecule has 1 aromatic carbocycles. The van der Waals surface area contributed by atoms with Crippen molar-refractivity contribution in [2.24, 2.45) is 5.92 Å². The summed E-state index contributed by atoms with van der Waals surface area (Å²) in [7, 11) is 1.80. The van der Waals surface area contributed by atoms with Crippen LogP contribution in [0.1, 0.15) is 18.4 Å². The zero-order valence-electron chi connectivity index (χ0n) is 14.1. The van der Waals surface area contributed by atoms with E-state index in [2.05, 4.69) is 4.90 Å². The summed E-state index contributed by atoms with van der Waals surface area (Å²) in [5.41, 5.74) is 1.24. The number of carbonyl (C=O) groups excluding carboxylic acids is 2. The standard InChI is InChI=1S/C18H24ClN3O2/c1-20-7-6-15(12-17(20)23)18(24)22-10-8-21(9-11-22)13-14-2-4-16(19)5-3-14/h2-5,15H,6-13H2,1H3/t15-/m1/s1. The highest BCUT2D eigenvalue weighted by atomic mass is 35.5. The minimum Gasteiger partial charge on any atom is -0.346 e. The minimum absolute atomic E-state index is 0.0842. The molecular weight excluding hydrogens is 326 g/mol. The molecule has 5 nitrogen and oxygen atoms in total. The van der Waals surface area contributed by atoms with Crippen LogP contribution < -0.4 is 0 Å². The molecule has 2 aliphatic heterocycles. The predicted molar refractivity (Wildman–Crippen MR) is 93.7 cm³/mol. The second-order valence-corrected chi connectivity index (χ2v) is 7.17. The molecule has 6 heteroatoms. The van der Waals surface area contributed by atoms with E-state index in [4.69, 9.17) is 11.6 Å². The number of nitrogens with zero attached hydrogens (tertiary/aromatic N) is 3. The zero-order valence-corrected chi connectivity index (χ0v) is 14.8. The molecule has 2 saturated heterocycles. The van der Waals surface area contributed by atoms with Gasteiger partial charge in [-0.05, 0) is 24.1 Å². The lowest BCUT2D eigenvalue weighted by Gasteiger charge is -2.38. The first-order valence-electron chi connectivity index (χ1n) is 8.52. The number of hydrogen-bond acceptors (Lipinski definition) is 3. The largest absolute Gasteiger partial charge is 0.346 e. The Balaban J connectivity index is 1.48. The fraction of sp³-hybridized carbons (Fsp3) is 0.556. The smallest absolute Gasteiger partial charge is 0.226 e. The minimum atomic E-state index is -0.128. The summed E-state index contributed by atoms with van der Waals surface area (Å²) in [6.45, 7) is 4.79. The lowest BCUT2D eigenvalue weighted by atomic mass is 9.94. The molecule has 2 aliphatic rings. The first-order valence-corrected chi connectivity index (χ1v) is 8.90. The van der Waals surface area contributed by atoms with Crippen LogP contribution in [-0.4, -0.2) is 66.3 Å². The van der Waals surface area contributed by atoms with Crippen molar-refractivity contribution in [2.75, 3.05) is 39.8 Å². The molecule has 2 fully saturated rings. The van der Waals surface area contributed by atoms with Crippen LogP contribution in [0.3, 0.4) is 0 Å². The Morgan fingerprint density at radius 3 is 2.42 bits per heavy atom. The number of piperazine rings is 1. The Morgan fingerprint density at radius 1 is 1.12 bits per heavy atom. The molecular formula is C18H24ClN3O2. The molecule has 2 heterocycles. The van der Waals surface area contributed by atoms with Crippen molar-refractivity contribution in [2.45, 2.75) is 19.4 Å². The van der Waals surface area contributed by atoms with E-state index in [1.54, 1.807) is 11.9 Å². The van der Waals surface area contributed by atoms with E-state index in [-0.39, 0.29) is 17.7 Å². The van der Waals surface area contributed by atoms with E-state index in [1.165, 1.54) is 5.56 Å². The van der Waals surface area contributed by atoms with E-state index < -0.39 is 0 Å². The highest BCUT2D eigenvalue weighted by molar-refractivity contribution is 6.30. The summed E-state index contributed by atoms with van der Waals surface area (Å²) < 4.78 is 0. The van der Waals surface area contributed by atoms with E-state index in [1.807, 2.05) is 29.2 Å². The van der Waals surface area contributed by atoms with Gasteiger partial charge in [0.2, 0.25) is 11.8 Å². The number of piperidine rings is 1. The summed E-state index contributed by atoms with van der Waals surface area (Å²) in [5.74, 6) is 0.111. The molecule has 0 radical (unpaired) electrons. The Labute approximate surface area is 148 Å². The van der Waals surface area contributed by atoms with Gasteiger partial charge in [-0.3, -0.25) is 14.5 Å².